The number of hydrogen-bond donors (Lipinski definition) is 1. The third kappa shape index (κ3) is 3.85. The standard InChI is InChI=1S/C20H22O/c1-14(2)11-16-7-5-8-17(13-16)19-10-6-9-18(20(19)21)12-15(3)4/h5-10,13,21H,1,3,11-12H2,2,4H3. The highest BCUT2D eigenvalue weighted by Gasteiger charge is 2.09. The van der Waals surface area contributed by atoms with Crippen molar-refractivity contribution in [2.45, 2.75) is 26.7 Å². The van der Waals surface area contributed by atoms with Crippen molar-refractivity contribution in [3.05, 3.63) is 77.9 Å². The quantitative estimate of drug-likeness (QED) is 0.736. The highest BCUT2D eigenvalue weighted by molar-refractivity contribution is 5.72. The van der Waals surface area contributed by atoms with E-state index in [-0.39, 0.29) is 0 Å². The maximum absolute atomic E-state index is 10.5. The zero-order valence-corrected chi connectivity index (χ0v) is 12.8. The molecule has 2 aromatic rings. The average Bonchev–Trinajstić information content (AvgIpc) is 2.40. The molecular formula is C20H22O. The van der Waals surface area contributed by atoms with E-state index >= 15 is 0 Å². The van der Waals surface area contributed by atoms with Crippen molar-refractivity contribution in [2.75, 3.05) is 0 Å². The Labute approximate surface area is 127 Å². The molecule has 0 bridgehead atoms. The lowest BCUT2D eigenvalue weighted by molar-refractivity contribution is 0.471. The van der Waals surface area contributed by atoms with Crippen LogP contribution < -0.4 is 0 Å². The fraction of sp³-hybridized carbons (Fsp3) is 0.200. The molecule has 0 heterocycles. The summed E-state index contributed by atoms with van der Waals surface area (Å²) in [6, 6.07) is 14.2. The van der Waals surface area contributed by atoms with E-state index in [9.17, 15) is 5.11 Å². The minimum atomic E-state index is 0.355. The van der Waals surface area contributed by atoms with Crippen molar-refractivity contribution < 1.29 is 5.11 Å². The summed E-state index contributed by atoms with van der Waals surface area (Å²) in [5.74, 6) is 0.355. The summed E-state index contributed by atoms with van der Waals surface area (Å²) in [5, 5.41) is 10.5. The fourth-order valence-corrected chi connectivity index (χ4v) is 2.49. The Morgan fingerprint density at radius 1 is 0.952 bits per heavy atom. The zero-order valence-electron chi connectivity index (χ0n) is 12.8. The van der Waals surface area contributed by atoms with Crippen molar-refractivity contribution >= 4 is 0 Å². The van der Waals surface area contributed by atoms with Gasteiger partial charge in [0.2, 0.25) is 0 Å². The second kappa shape index (κ2) is 6.45. The first kappa shape index (κ1) is 15.1. The van der Waals surface area contributed by atoms with Crippen LogP contribution in [0.4, 0.5) is 0 Å². The van der Waals surface area contributed by atoms with Crippen LogP contribution in [0.15, 0.2) is 66.8 Å². The molecule has 2 rings (SSSR count). The average molecular weight is 278 g/mol. The molecule has 0 saturated heterocycles. The van der Waals surface area contributed by atoms with E-state index in [4.69, 9.17) is 0 Å². The Bertz CT molecular complexity index is 680. The van der Waals surface area contributed by atoms with Crippen LogP contribution in [0.25, 0.3) is 11.1 Å². The lowest BCUT2D eigenvalue weighted by Crippen LogP contribution is -1.91. The van der Waals surface area contributed by atoms with Gasteiger partial charge in [-0.15, -0.1) is 0 Å². The van der Waals surface area contributed by atoms with E-state index in [1.807, 2.05) is 44.2 Å². The number of rotatable bonds is 5. The molecule has 0 saturated carbocycles. The second-order valence-electron chi connectivity index (χ2n) is 5.78. The Balaban J connectivity index is 2.42. The summed E-state index contributed by atoms with van der Waals surface area (Å²) >= 11 is 0. The molecule has 21 heavy (non-hydrogen) atoms. The number of phenols is 1. The van der Waals surface area contributed by atoms with Crippen molar-refractivity contribution in [3.63, 3.8) is 0 Å². The van der Waals surface area contributed by atoms with Crippen molar-refractivity contribution in [3.8, 4) is 16.9 Å². The van der Waals surface area contributed by atoms with Crippen molar-refractivity contribution in [1.29, 1.82) is 0 Å². The molecule has 0 fully saturated rings. The van der Waals surface area contributed by atoms with Gasteiger partial charge < -0.3 is 5.11 Å². The minimum absolute atomic E-state index is 0.355. The normalized spacial score (nSPS) is 10.4. The summed E-state index contributed by atoms with van der Waals surface area (Å²) in [4.78, 5) is 0. The van der Waals surface area contributed by atoms with E-state index in [2.05, 4.69) is 25.3 Å². The van der Waals surface area contributed by atoms with Gasteiger partial charge in [-0.2, -0.15) is 0 Å². The van der Waals surface area contributed by atoms with Crippen LogP contribution in [0.1, 0.15) is 25.0 Å². The first-order valence-electron chi connectivity index (χ1n) is 7.16. The largest absolute Gasteiger partial charge is 0.507 e. The lowest BCUT2D eigenvalue weighted by Gasteiger charge is -2.11. The van der Waals surface area contributed by atoms with Gasteiger partial charge in [0.1, 0.15) is 5.75 Å². The SMILES string of the molecule is C=C(C)Cc1cccc(-c2cccc(CC(=C)C)c2O)c1. The van der Waals surface area contributed by atoms with E-state index in [1.54, 1.807) is 0 Å². The molecule has 0 unspecified atom stereocenters. The van der Waals surface area contributed by atoms with Gasteiger partial charge in [-0.3, -0.25) is 0 Å². The molecule has 2 aromatic carbocycles. The maximum atomic E-state index is 10.5. The number of allylic oxidation sites excluding steroid dienone is 2. The molecule has 0 aliphatic rings. The number of benzene rings is 2. The monoisotopic (exact) mass is 278 g/mol. The third-order valence-corrected chi connectivity index (χ3v) is 3.36. The first-order valence-corrected chi connectivity index (χ1v) is 7.16. The van der Waals surface area contributed by atoms with Crippen LogP contribution in [0.3, 0.4) is 0 Å². The highest BCUT2D eigenvalue weighted by Crippen LogP contribution is 2.33. The number of aromatic hydroxyl groups is 1. The topological polar surface area (TPSA) is 20.2 Å². The van der Waals surface area contributed by atoms with Crippen LogP contribution >= 0.6 is 0 Å². The summed E-state index contributed by atoms with van der Waals surface area (Å²) in [5.41, 5.74) is 6.22. The van der Waals surface area contributed by atoms with E-state index in [0.29, 0.717) is 12.2 Å². The Morgan fingerprint density at radius 2 is 1.62 bits per heavy atom. The van der Waals surface area contributed by atoms with Crippen LogP contribution in [0, 0.1) is 0 Å². The van der Waals surface area contributed by atoms with Gasteiger partial charge in [-0.1, -0.05) is 66.8 Å². The van der Waals surface area contributed by atoms with Crippen LogP contribution in [0.5, 0.6) is 5.75 Å². The molecule has 108 valence electrons. The number of para-hydroxylation sites is 1. The summed E-state index contributed by atoms with van der Waals surface area (Å²) in [6.07, 6.45) is 1.56. The zero-order chi connectivity index (χ0) is 15.4. The summed E-state index contributed by atoms with van der Waals surface area (Å²) < 4.78 is 0. The van der Waals surface area contributed by atoms with E-state index in [0.717, 1.165) is 34.3 Å². The predicted octanol–water partition coefficient (Wildman–Crippen LogP) is 5.30. The molecule has 0 aliphatic carbocycles. The van der Waals surface area contributed by atoms with Gasteiger partial charge in [0, 0.05) is 5.56 Å². The minimum Gasteiger partial charge on any atom is -0.507 e. The molecule has 0 atom stereocenters. The van der Waals surface area contributed by atoms with Crippen molar-refractivity contribution in [1.82, 2.24) is 0 Å². The Hall–Kier alpha value is -2.28. The molecule has 0 aliphatic heterocycles. The van der Waals surface area contributed by atoms with E-state index in [1.165, 1.54) is 5.56 Å². The van der Waals surface area contributed by atoms with Gasteiger partial charge in [0.15, 0.2) is 0 Å². The molecular weight excluding hydrogens is 256 g/mol. The lowest BCUT2D eigenvalue weighted by atomic mass is 9.96. The van der Waals surface area contributed by atoms with Gasteiger partial charge in [0.05, 0.1) is 0 Å². The van der Waals surface area contributed by atoms with Crippen LogP contribution in [0.2, 0.25) is 0 Å². The van der Waals surface area contributed by atoms with Gasteiger partial charge >= 0.3 is 0 Å². The maximum Gasteiger partial charge on any atom is 0.126 e. The number of hydrogen-bond acceptors (Lipinski definition) is 1. The molecule has 0 radical (unpaired) electrons. The first-order chi connectivity index (χ1) is 9.97. The molecule has 0 spiro atoms. The molecule has 0 amide bonds. The van der Waals surface area contributed by atoms with Crippen LogP contribution in [-0.4, -0.2) is 5.11 Å². The summed E-state index contributed by atoms with van der Waals surface area (Å²) in [7, 11) is 0. The Morgan fingerprint density at radius 3 is 2.29 bits per heavy atom. The predicted molar refractivity (Wildman–Crippen MR) is 90.6 cm³/mol. The second-order valence-corrected chi connectivity index (χ2v) is 5.78. The Kier molecular flexibility index (Phi) is 4.64. The van der Waals surface area contributed by atoms with E-state index < -0.39 is 0 Å². The molecule has 0 aromatic heterocycles. The fourth-order valence-electron chi connectivity index (χ4n) is 2.49. The molecule has 1 nitrogen and oxygen atoms in total. The highest BCUT2D eigenvalue weighted by atomic mass is 16.3. The smallest absolute Gasteiger partial charge is 0.126 e. The van der Waals surface area contributed by atoms with Crippen LogP contribution in [-0.2, 0) is 12.8 Å². The van der Waals surface area contributed by atoms with Gasteiger partial charge in [-0.25, -0.2) is 0 Å². The third-order valence-electron chi connectivity index (χ3n) is 3.36. The molecule has 1 N–H and O–H groups in total. The van der Waals surface area contributed by atoms with Gasteiger partial charge in [0.25, 0.3) is 0 Å². The number of phenolic OH excluding ortho intramolecular Hbond substituents is 1. The van der Waals surface area contributed by atoms with Gasteiger partial charge in [-0.05, 0) is 43.4 Å². The molecule has 1 heteroatoms. The van der Waals surface area contributed by atoms with Crippen molar-refractivity contribution in [2.24, 2.45) is 0 Å². The summed E-state index contributed by atoms with van der Waals surface area (Å²) in [6.45, 7) is 11.9.